The first-order valence-corrected chi connectivity index (χ1v) is 11.1. The van der Waals surface area contributed by atoms with Crippen molar-refractivity contribution in [3.8, 4) is 5.75 Å². The number of hydrogen-bond donors (Lipinski definition) is 0. The van der Waals surface area contributed by atoms with Crippen LogP contribution in [-0.2, 0) is 21.5 Å². The molecule has 0 unspecified atom stereocenters. The summed E-state index contributed by atoms with van der Waals surface area (Å²) in [5.41, 5.74) is 0.883. The van der Waals surface area contributed by atoms with E-state index in [1.54, 1.807) is 24.3 Å². The third kappa shape index (κ3) is 6.56. The van der Waals surface area contributed by atoms with E-state index in [1.807, 2.05) is 32.6 Å². The molecule has 29 heavy (non-hydrogen) atoms. The van der Waals surface area contributed by atoms with Crippen LogP contribution >= 0.6 is 0 Å². The van der Waals surface area contributed by atoms with Gasteiger partial charge in [-0.15, -0.1) is 0 Å². The monoisotopic (exact) mass is 421 g/mol. The number of nitrogens with zero attached hydrogens (tertiary/aromatic N) is 1. The Balaban J connectivity index is 2.12. The summed E-state index contributed by atoms with van der Waals surface area (Å²) in [5, 5.41) is 0. The Kier molecular flexibility index (Phi) is 7.79. The highest BCUT2D eigenvalue weighted by Crippen LogP contribution is 2.21. The van der Waals surface area contributed by atoms with Gasteiger partial charge in [-0.3, -0.25) is 4.79 Å². The highest BCUT2D eigenvalue weighted by molar-refractivity contribution is 7.87. The van der Waals surface area contributed by atoms with Gasteiger partial charge in [0.05, 0.1) is 0 Å². The third-order valence-electron chi connectivity index (χ3n) is 4.61. The van der Waals surface area contributed by atoms with Crippen LogP contribution < -0.4 is 4.18 Å². The molecule has 0 N–H and O–H groups in total. The van der Waals surface area contributed by atoms with Crippen molar-refractivity contribution in [2.75, 3.05) is 0 Å². The number of rotatable bonds is 9. The molecule has 0 saturated heterocycles. The first-order valence-electron chi connectivity index (χ1n) is 9.70. The van der Waals surface area contributed by atoms with Crippen LogP contribution in [0.2, 0.25) is 0 Å². The lowest BCUT2D eigenvalue weighted by Crippen LogP contribution is -2.38. The van der Waals surface area contributed by atoms with E-state index in [-0.39, 0.29) is 28.5 Å². The Morgan fingerprint density at radius 3 is 2.14 bits per heavy atom. The topological polar surface area (TPSA) is 63.7 Å². The summed E-state index contributed by atoms with van der Waals surface area (Å²) in [6.07, 6.45) is 1.34. The predicted octanol–water partition coefficient (Wildman–Crippen LogP) is 4.77. The number of halogens is 1. The highest BCUT2D eigenvalue weighted by atomic mass is 32.2. The molecule has 2 aromatic rings. The number of carbonyl (C=O) groups excluding carboxylic acids is 1. The van der Waals surface area contributed by atoms with Gasteiger partial charge in [-0.25, -0.2) is 4.39 Å². The average molecular weight is 422 g/mol. The summed E-state index contributed by atoms with van der Waals surface area (Å²) < 4.78 is 42.7. The molecule has 0 aliphatic carbocycles. The molecule has 2 aromatic carbocycles. The van der Waals surface area contributed by atoms with Crippen LogP contribution in [0.1, 0.15) is 46.1 Å². The van der Waals surface area contributed by atoms with Crippen LogP contribution in [0.5, 0.6) is 5.75 Å². The number of carbonyl (C=O) groups is 1. The molecule has 0 heterocycles. The van der Waals surface area contributed by atoms with E-state index in [0.29, 0.717) is 13.0 Å². The molecule has 1 atom stereocenters. The molecule has 2 rings (SSSR count). The van der Waals surface area contributed by atoms with Crippen molar-refractivity contribution in [1.82, 2.24) is 4.90 Å². The molecule has 0 aromatic heterocycles. The Labute approximate surface area is 172 Å². The Morgan fingerprint density at radius 2 is 1.62 bits per heavy atom. The van der Waals surface area contributed by atoms with Crippen molar-refractivity contribution in [3.05, 3.63) is 59.9 Å². The quantitative estimate of drug-likeness (QED) is 0.547. The van der Waals surface area contributed by atoms with Gasteiger partial charge in [-0.1, -0.05) is 32.9 Å². The first kappa shape index (κ1) is 22.9. The molecule has 0 radical (unpaired) electrons. The van der Waals surface area contributed by atoms with Crippen LogP contribution in [0.4, 0.5) is 4.39 Å². The molecule has 0 fully saturated rings. The summed E-state index contributed by atoms with van der Waals surface area (Å²) in [5.74, 6) is 0.0166. The highest BCUT2D eigenvalue weighted by Gasteiger charge is 2.21. The summed E-state index contributed by atoms with van der Waals surface area (Å²) in [4.78, 5) is 14.3. The van der Waals surface area contributed by atoms with Crippen molar-refractivity contribution in [2.24, 2.45) is 5.92 Å². The molecule has 5 nitrogen and oxygen atoms in total. The molecule has 0 aliphatic heterocycles. The van der Waals surface area contributed by atoms with E-state index in [2.05, 4.69) is 0 Å². The average Bonchev–Trinajstić information content (AvgIpc) is 2.66. The maximum Gasteiger partial charge on any atom is 0.339 e. The molecule has 0 spiro atoms. The minimum absolute atomic E-state index is 0.105. The minimum atomic E-state index is -4.04. The molecule has 7 heteroatoms. The maximum absolute atomic E-state index is 13.0. The molecular formula is C22H28FNO4S. The Hall–Kier alpha value is -2.41. The smallest absolute Gasteiger partial charge is 0.339 e. The number of amides is 1. The minimum Gasteiger partial charge on any atom is -0.379 e. The lowest BCUT2D eigenvalue weighted by molar-refractivity contribution is -0.134. The summed E-state index contributed by atoms with van der Waals surface area (Å²) in [7, 11) is -4.04. The van der Waals surface area contributed by atoms with Gasteiger partial charge in [0.15, 0.2) is 0 Å². The van der Waals surface area contributed by atoms with E-state index in [4.69, 9.17) is 4.18 Å². The lowest BCUT2D eigenvalue weighted by Gasteiger charge is -2.29. The molecule has 1 amide bonds. The van der Waals surface area contributed by atoms with Crippen molar-refractivity contribution in [2.45, 2.75) is 58.0 Å². The molecule has 0 aliphatic rings. The van der Waals surface area contributed by atoms with Crippen molar-refractivity contribution >= 4 is 16.0 Å². The maximum atomic E-state index is 13.0. The van der Waals surface area contributed by atoms with Gasteiger partial charge in [0.1, 0.15) is 16.5 Å². The molecule has 158 valence electrons. The summed E-state index contributed by atoms with van der Waals surface area (Å²) in [6, 6.07) is 11.1. The zero-order valence-electron chi connectivity index (χ0n) is 17.3. The second-order valence-corrected chi connectivity index (χ2v) is 9.06. The number of benzene rings is 2. The Morgan fingerprint density at radius 1 is 1.03 bits per heavy atom. The summed E-state index contributed by atoms with van der Waals surface area (Å²) >= 11 is 0. The normalized spacial score (nSPS) is 12.6. The second-order valence-electron chi connectivity index (χ2n) is 7.51. The SMILES string of the molecule is CC[C@@H](C)N(Cc1ccc(OS(=O)(=O)c2ccc(F)cc2)cc1)C(=O)CC(C)C. The van der Waals surface area contributed by atoms with Crippen LogP contribution in [0, 0.1) is 11.7 Å². The van der Waals surface area contributed by atoms with E-state index in [1.165, 1.54) is 0 Å². The zero-order valence-corrected chi connectivity index (χ0v) is 18.1. The van der Waals surface area contributed by atoms with E-state index < -0.39 is 15.9 Å². The van der Waals surface area contributed by atoms with Crippen molar-refractivity contribution in [1.29, 1.82) is 0 Å². The van der Waals surface area contributed by atoms with Crippen LogP contribution in [0.3, 0.4) is 0 Å². The molecule has 0 bridgehead atoms. The Bertz CT molecular complexity index is 909. The second kappa shape index (κ2) is 9.87. The molecular weight excluding hydrogens is 393 g/mol. The fourth-order valence-corrected chi connectivity index (χ4v) is 3.73. The zero-order chi connectivity index (χ0) is 21.6. The largest absolute Gasteiger partial charge is 0.379 e. The van der Waals surface area contributed by atoms with Gasteiger partial charge in [0.25, 0.3) is 0 Å². The fourth-order valence-electron chi connectivity index (χ4n) is 2.80. The van der Waals surface area contributed by atoms with Crippen LogP contribution in [-0.4, -0.2) is 25.3 Å². The predicted molar refractivity (Wildman–Crippen MR) is 110 cm³/mol. The third-order valence-corrected chi connectivity index (χ3v) is 5.87. The van der Waals surface area contributed by atoms with Crippen molar-refractivity contribution < 1.29 is 21.8 Å². The van der Waals surface area contributed by atoms with Gasteiger partial charge in [-0.2, -0.15) is 8.42 Å². The lowest BCUT2D eigenvalue weighted by atomic mass is 10.1. The standard InChI is InChI=1S/C22H28FNO4S/c1-5-17(4)24(22(25)14-16(2)3)15-18-6-10-20(11-7-18)28-29(26,27)21-12-8-19(23)9-13-21/h6-13,16-17H,5,14-15H2,1-4H3/t17-/m1/s1. The van der Waals surface area contributed by atoms with Crippen LogP contribution in [0.15, 0.2) is 53.4 Å². The number of hydrogen-bond acceptors (Lipinski definition) is 4. The van der Waals surface area contributed by atoms with Gasteiger partial charge in [-0.05, 0) is 61.2 Å². The summed E-state index contributed by atoms with van der Waals surface area (Å²) in [6.45, 7) is 8.54. The van der Waals surface area contributed by atoms with Crippen LogP contribution in [0.25, 0.3) is 0 Å². The van der Waals surface area contributed by atoms with Gasteiger partial charge >= 0.3 is 10.1 Å². The van der Waals surface area contributed by atoms with Gasteiger partial charge < -0.3 is 9.08 Å². The fraction of sp³-hybridized carbons (Fsp3) is 0.409. The van der Waals surface area contributed by atoms with Gasteiger partial charge in [0.2, 0.25) is 5.91 Å². The van der Waals surface area contributed by atoms with E-state index in [9.17, 15) is 17.6 Å². The van der Waals surface area contributed by atoms with E-state index in [0.717, 1.165) is 36.2 Å². The first-order chi connectivity index (χ1) is 13.6. The van der Waals surface area contributed by atoms with Gasteiger partial charge in [0, 0.05) is 19.0 Å². The molecule has 0 saturated carbocycles. The van der Waals surface area contributed by atoms with Crippen molar-refractivity contribution in [3.63, 3.8) is 0 Å². The van der Waals surface area contributed by atoms with E-state index >= 15 is 0 Å².